The van der Waals surface area contributed by atoms with Crippen molar-refractivity contribution in [1.29, 1.82) is 0 Å². The summed E-state index contributed by atoms with van der Waals surface area (Å²) in [6, 6.07) is 0. The predicted molar refractivity (Wildman–Crippen MR) is 82.0 cm³/mol. The SMILES string of the molecule is CCC(C)(OC(C)COC(C)COC(C)CO)C(C)C. The Kier molecular flexibility index (Phi) is 9.64. The monoisotopic (exact) mass is 290 g/mol. The van der Waals surface area contributed by atoms with E-state index in [0.717, 1.165) is 6.42 Å². The quantitative estimate of drug-likeness (QED) is 0.635. The minimum Gasteiger partial charge on any atom is -0.394 e. The van der Waals surface area contributed by atoms with Gasteiger partial charge >= 0.3 is 0 Å². The number of aliphatic hydroxyl groups is 1. The minimum atomic E-state index is -0.140. The van der Waals surface area contributed by atoms with Crippen LogP contribution in [0, 0.1) is 5.92 Å². The van der Waals surface area contributed by atoms with E-state index in [1.54, 1.807) is 0 Å². The van der Waals surface area contributed by atoms with Crippen molar-refractivity contribution in [2.45, 2.75) is 78.8 Å². The van der Waals surface area contributed by atoms with Gasteiger partial charge in [0, 0.05) is 0 Å². The van der Waals surface area contributed by atoms with Crippen molar-refractivity contribution in [2.75, 3.05) is 19.8 Å². The van der Waals surface area contributed by atoms with E-state index in [1.807, 2.05) is 20.8 Å². The van der Waals surface area contributed by atoms with E-state index in [9.17, 15) is 0 Å². The Morgan fingerprint density at radius 2 is 1.40 bits per heavy atom. The van der Waals surface area contributed by atoms with Gasteiger partial charge in [0.15, 0.2) is 0 Å². The van der Waals surface area contributed by atoms with Gasteiger partial charge in [-0.3, -0.25) is 0 Å². The summed E-state index contributed by atoms with van der Waals surface area (Å²) >= 11 is 0. The molecular weight excluding hydrogens is 256 g/mol. The van der Waals surface area contributed by atoms with Gasteiger partial charge in [0.25, 0.3) is 0 Å². The second-order valence-corrected chi connectivity index (χ2v) is 6.22. The molecule has 122 valence electrons. The molecule has 0 fully saturated rings. The Morgan fingerprint density at radius 1 is 0.900 bits per heavy atom. The molecule has 0 aliphatic rings. The number of rotatable bonds is 11. The molecule has 0 saturated carbocycles. The van der Waals surface area contributed by atoms with E-state index in [-0.39, 0.29) is 30.5 Å². The topological polar surface area (TPSA) is 47.9 Å². The molecule has 0 aromatic carbocycles. The van der Waals surface area contributed by atoms with Gasteiger partial charge in [-0.2, -0.15) is 0 Å². The first-order valence-electron chi connectivity index (χ1n) is 7.77. The fraction of sp³-hybridized carbons (Fsp3) is 1.00. The standard InChI is InChI=1S/C16H34O4/c1-8-16(7,12(2)3)20-15(6)11-19-14(5)10-18-13(4)9-17/h12-15,17H,8-11H2,1-7H3. The maximum absolute atomic E-state index is 8.89. The summed E-state index contributed by atoms with van der Waals surface area (Å²) in [7, 11) is 0. The van der Waals surface area contributed by atoms with Gasteiger partial charge < -0.3 is 19.3 Å². The summed E-state index contributed by atoms with van der Waals surface area (Å²) in [4.78, 5) is 0. The molecule has 0 aromatic heterocycles. The maximum atomic E-state index is 8.89. The molecule has 0 bridgehead atoms. The molecule has 20 heavy (non-hydrogen) atoms. The van der Waals surface area contributed by atoms with Crippen molar-refractivity contribution in [1.82, 2.24) is 0 Å². The first-order chi connectivity index (χ1) is 9.25. The zero-order chi connectivity index (χ0) is 15.8. The summed E-state index contributed by atoms with van der Waals surface area (Å²) in [5.41, 5.74) is -0.103. The average Bonchev–Trinajstić information content (AvgIpc) is 2.41. The molecule has 0 aliphatic carbocycles. The van der Waals surface area contributed by atoms with Crippen LogP contribution < -0.4 is 0 Å². The van der Waals surface area contributed by atoms with E-state index >= 15 is 0 Å². The third-order valence-electron chi connectivity index (χ3n) is 3.88. The van der Waals surface area contributed by atoms with Crippen molar-refractivity contribution < 1.29 is 19.3 Å². The van der Waals surface area contributed by atoms with Gasteiger partial charge in [-0.15, -0.1) is 0 Å². The lowest BCUT2D eigenvalue weighted by atomic mass is 9.89. The number of aliphatic hydroxyl groups excluding tert-OH is 1. The second-order valence-electron chi connectivity index (χ2n) is 6.22. The van der Waals surface area contributed by atoms with E-state index < -0.39 is 0 Å². The molecule has 4 heteroatoms. The Bertz CT molecular complexity index is 245. The van der Waals surface area contributed by atoms with Crippen LogP contribution in [0.3, 0.4) is 0 Å². The number of hydrogen-bond donors (Lipinski definition) is 1. The van der Waals surface area contributed by atoms with Crippen molar-refractivity contribution in [3.8, 4) is 0 Å². The first kappa shape index (κ1) is 19.8. The fourth-order valence-electron chi connectivity index (χ4n) is 1.82. The lowest BCUT2D eigenvalue weighted by Crippen LogP contribution is -2.39. The fourth-order valence-corrected chi connectivity index (χ4v) is 1.82. The molecule has 4 unspecified atom stereocenters. The molecule has 0 aliphatic heterocycles. The molecule has 0 heterocycles. The van der Waals surface area contributed by atoms with Gasteiger partial charge in [-0.05, 0) is 40.0 Å². The van der Waals surface area contributed by atoms with E-state index in [4.69, 9.17) is 19.3 Å². The maximum Gasteiger partial charge on any atom is 0.0788 e. The third kappa shape index (κ3) is 7.58. The zero-order valence-corrected chi connectivity index (χ0v) is 14.3. The summed E-state index contributed by atoms with van der Waals surface area (Å²) in [6.07, 6.45) is 0.905. The number of hydrogen-bond acceptors (Lipinski definition) is 4. The highest BCUT2D eigenvalue weighted by Gasteiger charge is 2.29. The molecule has 0 saturated heterocycles. The smallest absolute Gasteiger partial charge is 0.0788 e. The van der Waals surface area contributed by atoms with Crippen LogP contribution in [-0.4, -0.2) is 48.8 Å². The van der Waals surface area contributed by atoms with Gasteiger partial charge in [0.05, 0.1) is 43.7 Å². The lowest BCUT2D eigenvalue weighted by molar-refractivity contribution is -0.139. The zero-order valence-electron chi connectivity index (χ0n) is 14.3. The highest BCUT2D eigenvalue weighted by molar-refractivity contribution is 4.78. The molecule has 0 radical (unpaired) electrons. The number of ether oxygens (including phenoxy) is 3. The summed E-state index contributed by atoms with van der Waals surface area (Å²) in [5, 5.41) is 8.89. The van der Waals surface area contributed by atoms with Crippen molar-refractivity contribution in [3.05, 3.63) is 0 Å². The van der Waals surface area contributed by atoms with E-state index in [2.05, 4.69) is 27.7 Å². The molecule has 0 aromatic rings. The predicted octanol–water partition coefficient (Wildman–Crippen LogP) is 3.02. The van der Waals surface area contributed by atoms with Crippen LogP contribution in [-0.2, 0) is 14.2 Å². The van der Waals surface area contributed by atoms with Crippen LogP contribution in [0.1, 0.15) is 54.9 Å². The van der Waals surface area contributed by atoms with Crippen LogP contribution in [0.4, 0.5) is 0 Å². The highest BCUT2D eigenvalue weighted by atomic mass is 16.6. The summed E-state index contributed by atoms with van der Waals surface area (Å²) in [5.74, 6) is 0.473. The third-order valence-corrected chi connectivity index (χ3v) is 3.88. The van der Waals surface area contributed by atoms with Gasteiger partial charge in [-0.1, -0.05) is 20.8 Å². The molecule has 1 N–H and O–H groups in total. The second kappa shape index (κ2) is 9.72. The van der Waals surface area contributed by atoms with Crippen molar-refractivity contribution in [3.63, 3.8) is 0 Å². The lowest BCUT2D eigenvalue weighted by Gasteiger charge is -2.36. The van der Waals surface area contributed by atoms with Crippen LogP contribution in [0.25, 0.3) is 0 Å². The molecule has 0 rings (SSSR count). The van der Waals surface area contributed by atoms with Crippen molar-refractivity contribution in [2.24, 2.45) is 5.92 Å². The largest absolute Gasteiger partial charge is 0.394 e. The van der Waals surface area contributed by atoms with Crippen LogP contribution in [0.15, 0.2) is 0 Å². The molecule has 0 amide bonds. The van der Waals surface area contributed by atoms with Gasteiger partial charge in [0.1, 0.15) is 0 Å². The highest BCUT2D eigenvalue weighted by Crippen LogP contribution is 2.26. The van der Waals surface area contributed by atoms with Gasteiger partial charge in [0.2, 0.25) is 0 Å². The van der Waals surface area contributed by atoms with Crippen LogP contribution in [0.5, 0.6) is 0 Å². The Morgan fingerprint density at radius 3 is 1.85 bits per heavy atom. The minimum absolute atomic E-state index is 0.00184. The molecule has 0 spiro atoms. The Hall–Kier alpha value is -0.160. The van der Waals surface area contributed by atoms with Crippen LogP contribution in [0.2, 0.25) is 0 Å². The summed E-state index contributed by atoms with van der Waals surface area (Å²) in [6.45, 7) is 15.6. The van der Waals surface area contributed by atoms with E-state index in [1.165, 1.54) is 0 Å². The first-order valence-corrected chi connectivity index (χ1v) is 7.77. The Labute approximate surface area is 124 Å². The molecular formula is C16H34O4. The Balaban J connectivity index is 4.00. The van der Waals surface area contributed by atoms with Gasteiger partial charge in [-0.25, -0.2) is 0 Å². The van der Waals surface area contributed by atoms with Crippen molar-refractivity contribution >= 4 is 0 Å². The van der Waals surface area contributed by atoms with E-state index in [0.29, 0.717) is 19.1 Å². The molecule has 4 atom stereocenters. The summed E-state index contributed by atoms with van der Waals surface area (Å²) < 4.78 is 17.3. The van der Waals surface area contributed by atoms with Crippen LogP contribution >= 0.6 is 0 Å². The average molecular weight is 290 g/mol. The normalized spacial score (nSPS) is 19.6. The molecule has 4 nitrogen and oxygen atoms in total.